The van der Waals surface area contributed by atoms with E-state index < -0.39 is 0 Å². The lowest BCUT2D eigenvalue weighted by molar-refractivity contribution is -0.141. The fourth-order valence-corrected chi connectivity index (χ4v) is 2.56. The second-order valence-corrected chi connectivity index (χ2v) is 5.67. The van der Waals surface area contributed by atoms with Gasteiger partial charge >= 0.3 is 5.97 Å². The Labute approximate surface area is 197 Å². The SMILES string of the molecule is CC.CC.CC.CC.CC(=O)OCCCC(CNC(=O)c1ccccc1)c1ccccc1. The molecule has 1 atom stereocenters. The van der Waals surface area contributed by atoms with Crippen molar-refractivity contribution in [2.24, 2.45) is 0 Å². The summed E-state index contributed by atoms with van der Waals surface area (Å²) in [7, 11) is 0. The van der Waals surface area contributed by atoms with E-state index in [2.05, 4.69) is 17.4 Å². The highest BCUT2D eigenvalue weighted by Crippen LogP contribution is 2.20. The fraction of sp³-hybridized carbons (Fsp3) is 0.500. The van der Waals surface area contributed by atoms with Crippen molar-refractivity contribution in [3.63, 3.8) is 0 Å². The number of esters is 1. The minimum absolute atomic E-state index is 0.0727. The van der Waals surface area contributed by atoms with Crippen molar-refractivity contribution in [2.45, 2.75) is 81.1 Å². The van der Waals surface area contributed by atoms with Gasteiger partial charge < -0.3 is 10.1 Å². The van der Waals surface area contributed by atoms with Crippen LogP contribution < -0.4 is 5.32 Å². The van der Waals surface area contributed by atoms with Gasteiger partial charge in [0.05, 0.1) is 6.61 Å². The third-order valence-electron chi connectivity index (χ3n) is 3.82. The molecule has 4 heteroatoms. The van der Waals surface area contributed by atoms with Gasteiger partial charge in [0, 0.05) is 24.9 Å². The first-order valence-electron chi connectivity index (χ1n) is 12.2. The number of rotatable bonds is 8. The minimum atomic E-state index is -0.261. The van der Waals surface area contributed by atoms with E-state index in [4.69, 9.17) is 4.74 Å². The molecular weight excluding hydrogens is 398 g/mol. The monoisotopic (exact) mass is 445 g/mol. The molecule has 4 nitrogen and oxygen atoms in total. The van der Waals surface area contributed by atoms with E-state index in [1.54, 1.807) is 12.1 Å². The average Bonchev–Trinajstić information content (AvgIpc) is 2.89. The molecule has 182 valence electrons. The van der Waals surface area contributed by atoms with Crippen LogP contribution in [-0.2, 0) is 9.53 Å². The first-order valence-corrected chi connectivity index (χ1v) is 12.2. The zero-order valence-electron chi connectivity index (χ0n) is 21.9. The Hall–Kier alpha value is -2.62. The van der Waals surface area contributed by atoms with Crippen molar-refractivity contribution in [2.75, 3.05) is 13.2 Å². The predicted octanol–water partition coefficient (Wildman–Crippen LogP) is 7.65. The molecule has 2 aromatic rings. The largest absolute Gasteiger partial charge is 0.466 e. The fourth-order valence-electron chi connectivity index (χ4n) is 2.56. The third-order valence-corrected chi connectivity index (χ3v) is 3.82. The van der Waals surface area contributed by atoms with Gasteiger partial charge in [0.25, 0.3) is 5.91 Å². The van der Waals surface area contributed by atoms with Crippen molar-refractivity contribution < 1.29 is 14.3 Å². The van der Waals surface area contributed by atoms with Gasteiger partial charge in [-0.15, -0.1) is 0 Å². The molecule has 0 fully saturated rings. The molecule has 1 unspecified atom stereocenters. The van der Waals surface area contributed by atoms with Gasteiger partial charge in [-0.2, -0.15) is 0 Å². The Morgan fingerprint density at radius 2 is 1.25 bits per heavy atom. The highest BCUT2D eigenvalue weighted by Gasteiger charge is 2.13. The summed E-state index contributed by atoms with van der Waals surface area (Å²) in [5, 5.41) is 3.00. The zero-order chi connectivity index (χ0) is 25.2. The first kappa shape index (κ1) is 34.0. The average molecular weight is 446 g/mol. The number of hydrogen-bond acceptors (Lipinski definition) is 3. The smallest absolute Gasteiger partial charge is 0.302 e. The normalized spacial score (nSPS) is 9.41. The van der Waals surface area contributed by atoms with Crippen LogP contribution in [0.3, 0.4) is 0 Å². The van der Waals surface area contributed by atoms with Crippen molar-refractivity contribution in [1.82, 2.24) is 5.32 Å². The maximum Gasteiger partial charge on any atom is 0.302 e. The second-order valence-electron chi connectivity index (χ2n) is 5.67. The molecule has 1 N–H and O–H groups in total. The van der Waals surface area contributed by atoms with Crippen LogP contribution in [0.2, 0.25) is 0 Å². The summed E-state index contributed by atoms with van der Waals surface area (Å²) in [5.74, 6) is -0.144. The van der Waals surface area contributed by atoms with Crippen LogP contribution in [0.25, 0.3) is 0 Å². The van der Waals surface area contributed by atoms with Crippen LogP contribution in [0.4, 0.5) is 0 Å². The van der Waals surface area contributed by atoms with Crippen LogP contribution in [0.5, 0.6) is 0 Å². The Kier molecular flexibility index (Phi) is 28.1. The lowest BCUT2D eigenvalue weighted by Crippen LogP contribution is -2.28. The highest BCUT2D eigenvalue weighted by molar-refractivity contribution is 5.94. The van der Waals surface area contributed by atoms with Crippen LogP contribution in [0.15, 0.2) is 60.7 Å². The number of benzene rings is 2. The van der Waals surface area contributed by atoms with Gasteiger partial charge in [-0.3, -0.25) is 9.59 Å². The summed E-state index contributed by atoms with van der Waals surface area (Å²) in [5.41, 5.74) is 1.83. The van der Waals surface area contributed by atoms with Gasteiger partial charge in [0.15, 0.2) is 0 Å². The summed E-state index contributed by atoms with van der Waals surface area (Å²) < 4.78 is 5.00. The zero-order valence-corrected chi connectivity index (χ0v) is 21.9. The standard InChI is InChI=1S/C20H23NO3.4C2H6/c1-16(22)24-14-8-13-19(17-9-4-2-5-10-17)15-21-20(23)18-11-6-3-7-12-18;4*1-2/h2-7,9-12,19H,8,13-15H2,1H3,(H,21,23);4*1-2H3. The van der Waals surface area contributed by atoms with E-state index in [0.717, 1.165) is 12.8 Å². The van der Waals surface area contributed by atoms with Crippen LogP contribution in [0, 0.1) is 0 Å². The van der Waals surface area contributed by atoms with Crippen molar-refractivity contribution >= 4 is 11.9 Å². The van der Waals surface area contributed by atoms with Gasteiger partial charge in [-0.05, 0) is 30.5 Å². The maximum atomic E-state index is 12.2. The van der Waals surface area contributed by atoms with E-state index in [0.29, 0.717) is 18.7 Å². The Morgan fingerprint density at radius 3 is 1.72 bits per heavy atom. The molecular formula is C28H47NO3. The number of ether oxygens (including phenoxy) is 1. The molecule has 0 aliphatic rings. The molecule has 0 aromatic heterocycles. The van der Waals surface area contributed by atoms with Gasteiger partial charge in [-0.1, -0.05) is 104 Å². The molecule has 1 amide bonds. The quantitative estimate of drug-likeness (QED) is 0.335. The molecule has 0 aliphatic heterocycles. The van der Waals surface area contributed by atoms with E-state index in [-0.39, 0.29) is 17.8 Å². The highest BCUT2D eigenvalue weighted by atomic mass is 16.5. The van der Waals surface area contributed by atoms with Crippen molar-refractivity contribution in [1.29, 1.82) is 0 Å². The number of carbonyl (C=O) groups is 2. The first-order chi connectivity index (χ1) is 15.7. The van der Waals surface area contributed by atoms with Gasteiger partial charge in [-0.25, -0.2) is 0 Å². The molecule has 0 saturated carbocycles. The second kappa shape index (κ2) is 26.4. The molecule has 0 spiro atoms. The molecule has 0 heterocycles. The molecule has 0 bridgehead atoms. The summed E-state index contributed by atoms with van der Waals surface area (Å²) in [6, 6.07) is 19.3. The van der Waals surface area contributed by atoms with Crippen molar-refractivity contribution in [3.05, 3.63) is 71.8 Å². The Balaban J connectivity index is -0.000000945. The molecule has 2 rings (SSSR count). The molecule has 0 saturated heterocycles. The van der Waals surface area contributed by atoms with Gasteiger partial charge in [0.1, 0.15) is 0 Å². The third kappa shape index (κ3) is 17.1. The van der Waals surface area contributed by atoms with Crippen molar-refractivity contribution in [3.8, 4) is 0 Å². The van der Waals surface area contributed by atoms with E-state index >= 15 is 0 Å². The molecule has 32 heavy (non-hydrogen) atoms. The minimum Gasteiger partial charge on any atom is -0.466 e. The Bertz CT molecular complexity index is 642. The lowest BCUT2D eigenvalue weighted by Gasteiger charge is -2.18. The van der Waals surface area contributed by atoms with E-state index in [1.165, 1.54) is 12.5 Å². The van der Waals surface area contributed by atoms with Crippen LogP contribution >= 0.6 is 0 Å². The van der Waals surface area contributed by atoms with E-state index in [1.807, 2.05) is 91.8 Å². The molecule has 2 aromatic carbocycles. The Morgan fingerprint density at radius 1 is 0.781 bits per heavy atom. The summed E-state index contributed by atoms with van der Waals surface area (Å²) in [4.78, 5) is 23.1. The number of hydrogen-bond donors (Lipinski definition) is 1. The van der Waals surface area contributed by atoms with E-state index in [9.17, 15) is 9.59 Å². The van der Waals surface area contributed by atoms with Crippen LogP contribution in [0.1, 0.15) is 97.0 Å². The summed E-state index contributed by atoms with van der Waals surface area (Å²) in [6.45, 7) is 18.4. The number of carbonyl (C=O) groups excluding carboxylic acids is 2. The summed E-state index contributed by atoms with van der Waals surface area (Å²) in [6.07, 6.45) is 1.60. The van der Waals surface area contributed by atoms with Crippen LogP contribution in [-0.4, -0.2) is 25.0 Å². The predicted molar refractivity (Wildman–Crippen MR) is 139 cm³/mol. The topological polar surface area (TPSA) is 55.4 Å². The maximum absolute atomic E-state index is 12.2. The van der Waals surface area contributed by atoms with Gasteiger partial charge in [0.2, 0.25) is 0 Å². The molecule has 0 radical (unpaired) electrons. The lowest BCUT2D eigenvalue weighted by atomic mass is 9.94. The molecule has 0 aliphatic carbocycles. The summed E-state index contributed by atoms with van der Waals surface area (Å²) >= 11 is 0. The number of nitrogens with one attached hydrogen (secondary N) is 1. The number of amides is 1.